The highest BCUT2D eigenvalue weighted by Crippen LogP contribution is 2.26. The molecular formula is C15H17NO4. The van der Waals surface area contributed by atoms with Gasteiger partial charge in [0.15, 0.2) is 0 Å². The Bertz CT molecular complexity index is 657. The predicted molar refractivity (Wildman–Crippen MR) is 74.6 cm³/mol. The van der Waals surface area contributed by atoms with Crippen molar-refractivity contribution in [2.24, 2.45) is 0 Å². The molecule has 0 saturated heterocycles. The van der Waals surface area contributed by atoms with Crippen molar-refractivity contribution in [1.29, 1.82) is 0 Å². The fraction of sp³-hybridized carbons (Fsp3) is 0.333. The van der Waals surface area contributed by atoms with Crippen LogP contribution in [0.5, 0.6) is 0 Å². The number of hydrogen-bond acceptors (Lipinski definition) is 4. The average molecular weight is 275 g/mol. The number of aryl methyl sites for hydroxylation is 2. The molecule has 0 fully saturated rings. The number of ether oxygens (including phenoxy) is 2. The van der Waals surface area contributed by atoms with E-state index in [-0.39, 0.29) is 12.4 Å². The first-order valence-electron chi connectivity index (χ1n) is 6.33. The van der Waals surface area contributed by atoms with E-state index in [0.29, 0.717) is 12.2 Å². The molecule has 1 aromatic heterocycles. The van der Waals surface area contributed by atoms with E-state index in [2.05, 4.69) is 4.74 Å². The molecule has 0 atom stereocenters. The summed E-state index contributed by atoms with van der Waals surface area (Å²) in [5, 5.41) is 0.984. The van der Waals surface area contributed by atoms with E-state index < -0.39 is 5.97 Å². The minimum Gasteiger partial charge on any atom is -0.469 e. The first-order chi connectivity index (χ1) is 9.60. The normalized spacial score (nSPS) is 10.6. The summed E-state index contributed by atoms with van der Waals surface area (Å²) in [6.07, 6.45) is 0.207. The number of methoxy groups -OCH3 is 2. The van der Waals surface area contributed by atoms with Crippen molar-refractivity contribution in [2.75, 3.05) is 14.2 Å². The molecule has 0 aliphatic heterocycles. The van der Waals surface area contributed by atoms with Crippen LogP contribution in [0, 0.1) is 6.92 Å². The first-order valence-corrected chi connectivity index (χ1v) is 6.33. The van der Waals surface area contributed by atoms with Crippen LogP contribution in [0.25, 0.3) is 10.9 Å². The third-order valence-corrected chi connectivity index (χ3v) is 3.37. The van der Waals surface area contributed by atoms with Crippen LogP contribution in [0.15, 0.2) is 24.3 Å². The van der Waals surface area contributed by atoms with E-state index in [1.165, 1.54) is 14.2 Å². The Kier molecular flexibility index (Phi) is 4.08. The van der Waals surface area contributed by atoms with Crippen LogP contribution in [0.4, 0.5) is 0 Å². The highest BCUT2D eigenvalue weighted by molar-refractivity contribution is 5.99. The molecule has 0 amide bonds. The minimum atomic E-state index is -0.399. The third kappa shape index (κ3) is 2.39. The molecule has 106 valence electrons. The Morgan fingerprint density at radius 3 is 2.50 bits per heavy atom. The molecule has 0 N–H and O–H groups in total. The van der Waals surface area contributed by atoms with Gasteiger partial charge in [-0.05, 0) is 18.6 Å². The third-order valence-electron chi connectivity index (χ3n) is 3.37. The van der Waals surface area contributed by atoms with Gasteiger partial charge in [-0.3, -0.25) is 4.79 Å². The molecule has 0 radical (unpaired) electrons. The van der Waals surface area contributed by atoms with Gasteiger partial charge >= 0.3 is 11.9 Å². The standard InChI is InChI=1S/C15H17NO4/c1-10-11-6-4-5-7-12(11)16(9-8-13(17)19-2)14(10)15(18)20-3/h4-7H,8-9H2,1-3H3. The van der Waals surface area contributed by atoms with Gasteiger partial charge in [-0.15, -0.1) is 0 Å². The lowest BCUT2D eigenvalue weighted by atomic mass is 10.1. The SMILES string of the molecule is COC(=O)CCn1c(C(=O)OC)c(C)c2ccccc21. The van der Waals surface area contributed by atoms with Crippen molar-refractivity contribution in [3.05, 3.63) is 35.5 Å². The van der Waals surface area contributed by atoms with E-state index in [9.17, 15) is 9.59 Å². The average Bonchev–Trinajstić information content (AvgIpc) is 2.77. The van der Waals surface area contributed by atoms with Crippen LogP contribution >= 0.6 is 0 Å². The van der Waals surface area contributed by atoms with Gasteiger partial charge in [-0.25, -0.2) is 4.79 Å². The summed E-state index contributed by atoms with van der Waals surface area (Å²) in [5.41, 5.74) is 2.25. The van der Waals surface area contributed by atoms with Gasteiger partial charge in [0.1, 0.15) is 5.69 Å². The van der Waals surface area contributed by atoms with E-state index in [4.69, 9.17) is 4.74 Å². The Labute approximate surface area is 117 Å². The zero-order chi connectivity index (χ0) is 14.7. The number of aromatic nitrogens is 1. The monoisotopic (exact) mass is 275 g/mol. The summed E-state index contributed by atoms with van der Waals surface area (Å²) in [5.74, 6) is -0.709. The van der Waals surface area contributed by atoms with Crippen molar-refractivity contribution in [1.82, 2.24) is 4.57 Å². The maximum Gasteiger partial charge on any atom is 0.354 e. The van der Waals surface area contributed by atoms with E-state index in [0.717, 1.165) is 16.5 Å². The Morgan fingerprint density at radius 1 is 1.15 bits per heavy atom. The number of carbonyl (C=O) groups excluding carboxylic acids is 2. The maximum atomic E-state index is 12.0. The molecular weight excluding hydrogens is 258 g/mol. The quantitative estimate of drug-likeness (QED) is 0.803. The van der Waals surface area contributed by atoms with Crippen LogP contribution in [0.2, 0.25) is 0 Å². The van der Waals surface area contributed by atoms with Crippen LogP contribution in [-0.4, -0.2) is 30.7 Å². The number of para-hydroxylation sites is 1. The molecule has 2 rings (SSSR count). The van der Waals surface area contributed by atoms with Gasteiger partial charge in [0, 0.05) is 17.4 Å². The van der Waals surface area contributed by atoms with Crippen molar-refractivity contribution in [3.8, 4) is 0 Å². The second-order valence-corrected chi connectivity index (χ2v) is 4.46. The molecule has 0 spiro atoms. The van der Waals surface area contributed by atoms with E-state index in [1.54, 1.807) is 0 Å². The molecule has 20 heavy (non-hydrogen) atoms. The summed E-state index contributed by atoms with van der Waals surface area (Å²) < 4.78 is 11.3. The van der Waals surface area contributed by atoms with Gasteiger partial charge in [0.2, 0.25) is 0 Å². The van der Waals surface area contributed by atoms with E-state index in [1.807, 2.05) is 35.8 Å². The molecule has 0 aliphatic carbocycles. The van der Waals surface area contributed by atoms with Crippen LogP contribution < -0.4 is 0 Å². The number of hydrogen-bond donors (Lipinski definition) is 0. The second-order valence-electron chi connectivity index (χ2n) is 4.46. The van der Waals surface area contributed by atoms with Crippen molar-refractivity contribution in [2.45, 2.75) is 19.9 Å². The molecule has 1 aromatic carbocycles. The van der Waals surface area contributed by atoms with Gasteiger partial charge in [-0.1, -0.05) is 18.2 Å². The number of rotatable bonds is 4. The van der Waals surface area contributed by atoms with Crippen molar-refractivity contribution < 1.29 is 19.1 Å². The molecule has 5 nitrogen and oxygen atoms in total. The number of benzene rings is 1. The van der Waals surface area contributed by atoms with Gasteiger partial charge in [0.25, 0.3) is 0 Å². The number of esters is 2. The van der Waals surface area contributed by atoms with E-state index >= 15 is 0 Å². The molecule has 5 heteroatoms. The molecule has 0 bridgehead atoms. The topological polar surface area (TPSA) is 57.5 Å². The van der Waals surface area contributed by atoms with Gasteiger partial charge in [0.05, 0.1) is 20.6 Å². The van der Waals surface area contributed by atoms with Crippen LogP contribution in [0.1, 0.15) is 22.5 Å². The summed E-state index contributed by atoms with van der Waals surface area (Å²) >= 11 is 0. The van der Waals surface area contributed by atoms with Crippen molar-refractivity contribution >= 4 is 22.8 Å². The largest absolute Gasteiger partial charge is 0.469 e. The fourth-order valence-corrected chi connectivity index (χ4v) is 2.37. The number of fused-ring (bicyclic) bond motifs is 1. The van der Waals surface area contributed by atoms with Crippen LogP contribution in [0.3, 0.4) is 0 Å². The molecule has 0 aliphatic rings. The Morgan fingerprint density at radius 2 is 1.85 bits per heavy atom. The smallest absolute Gasteiger partial charge is 0.354 e. The second kappa shape index (κ2) is 5.77. The number of nitrogens with zero attached hydrogens (tertiary/aromatic N) is 1. The molecule has 1 heterocycles. The number of carbonyl (C=O) groups is 2. The Hall–Kier alpha value is -2.30. The van der Waals surface area contributed by atoms with Gasteiger partial charge < -0.3 is 14.0 Å². The first kappa shape index (κ1) is 14.1. The molecule has 0 unspecified atom stereocenters. The predicted octanol–water partition coefficient (Wildman–Crippen LogP) is 2.30. The lowest BCUT2D eigenvalue weighted by Crippen LogP contribution is -2.14. The Balaban J connectivity index is 2.54. The minimum absolute atomic E-state index is 0.207. The highest BCUT2D eigenvalue weighted by Gasteiger charge is 2.20. The highest BCUT2D eigenvalue weighted by atomic mass is 16.5. The van der Waals surface area contributed by atoms with Gasteiger partial charge in [-0.2, -0.15) is 0 Å². The lowest BCUT2D eigenvalue weighted by Gasteiger charge is -2.09. The molecule has 2 aromatic rings. The summed E-state index contributed by atoms with van der Waals surface area (Å²) in [6, 6.07) is 7.69. The summed E-state index contributed by atoms with van der Waals surface area (Å²) in [7, 11) is 2.70. The lowest BCUT2D eigenvalue weighted by molar-refractivity contribution is -0.140. The van der Waals surface area contributed by atoms with Crippen LogP contribution in [-0.2, 0) is 20.8 Å². The summed E-state index contributed by atoms with van der Waals surface area (Å²) in [4.78, 5) is 23.3. The fourth-order valence-electron chi connectivity index (χ4n) is 2.37. The van der Waals surface area contributed by atoms with Crippen molar-refractivity contribution in [3.63, 3.8) is 0 Å². The zero-order valence-electron chi connectivity index (χ0n) is 11.8. The molecule has 0 saturated carbocycles. The maximum absolute atomic E-state index is 12.0. The zero-order valence-corrected chi connectivity index (χ0v) is 11.8. The summed E-state index contributed by atoms with van der Waals surface area (Å²) in [6.45, 7) is 2.26.